The standard InChI is InChI=1S/C44H78O4.C8H6O4/c1-3-5-7-9-11-13-15-17-19-21-23-25-27-29-31-33-39-47-43(45)41-35-37-42(38-36-41)44(46)48-40-34-32-30-28-26-24-22-20-18-16-14-12-10-8-6-4-2;9-7(10)5-2-1-3-6(4-5)8(11)12/h35-38H,3-34,39-40H2,1-2H3;1-4H,(H,9,10)(H,11,12). The van der Waals surface area contributed by atoms with Crippen LogP contribution >= 0.6 is 0 Å². The summed E-state index contributed by atoms with van der Waals surface area (Å²) in [5, 5.41) is 17.0. The number of unbranched alkanes of at least 4 members (excludes halogenated alkanes) is 30. The molecule has 0 aliphatic rings. The molecule has 0 amide bonds. The van der Waals surface area contributed by atoms with Crippen LogP contribution in [0.2, 0.25) is 0 Å². The van der Waals surface area contributed by atoms with Gasteiger partial charge in [-0.3, -0.25) is 0 Å². The van der Waals surface area contributed by atoms with Crippen molar-refractivity contribution in [2.45, 2.75) is 219 Å². The van der Waals surface area contributed by atoms with E-state index in [1.807, 2.05) is 0 Å². The lowest BCUT2D eigenvalue weighted by Crippen LogP contribution is -2.09. The van der Waals surface area contributed by atoms with Crippen molar-refractivity contribution in [3.63, 3.8) is 0 Å². The van der Waals surface area contributed by atoms with Gasteiger partial charge in [0.25, 0.3) is 0 Å². The number of carboxylic acids is 2. The molecule has 2 aromatic rings. The topological polar surface area (TPSA) is 127 Å². The molecule has 2 rings (SSSR count). The number of carboxylic acid groups (broad SMARTS) is 2. The Balaban J connectivity index is 0.00000127. The molecule has 0 atom stereocenters. The summed E-state index contributed by atoms with van der Waals surface area (Å²) in [6.45, 7) is 5.48. The van der Waals surface area contributed by atoms with Gasteiger partial charge in [-0.2, -0.15) is 0 Å². The van der Waals surface area contributed by atoms with Crippen molar-refractivity contribution in [1.82, 2.24) is 0 Å². The molecule has 0 fully saturated rings. The third-order valence-electron chi connectivity index (χ3n) is 11.2. The van der Waals surface area contributed by atoms with E-state index in [2.05, 4.69) is 13.8 Å². The van der Waals surface area contributed by atoms with Gasteiger partial charge in [0, 0.05) is 0 Å². The lowest BCUT2D eigenvalue weighted by molar-refractivity contribution is 0.0483. The summed E-state index contributed by atoms with van der Waals surface area (Å²) in [5.41, 5.74) is 0.937. The minimum Gasteiger partial charge on any atom is -0.478 e. The third-order valence-corrected chi connectivity index (χ3v) is 11.2. The third kappa shape index (κ3) is 31.2. The van der Waals surface area contributed by atoms with Crippen molar-refractivity contribution in [2.24, 2.45) is 0 Å². The highest BCUT2D eigenvalue weighted by atomic mass is 16.5. The molecule has 0 bridgehead atoms. The van der Waals surface area contributed by atoms with E-state index in [0.29, 0.717) is 24.3 Å². The van der Waals surface area contributed by atoms with Crippen LogP contribution in [0.15, 0.2) is 48.5 Å². The molecule has 0 radical (unpaired) electrons. The van der Waals surface area contributed by atoms with Gasteiger partial charge in [-0.1, -0.05) is 213 Å². The summed E-state index contributed by atoms with van der Waals surface area (Å²) < 4.78 is 10.9. The molecule has 0 aliphatic heterocycles. The zero-order chi connectivity index (χ0) is 43.7. The molecule has 8 nitrogen and oxygen atoms in total. The molecule has 0 aromatic heterocycles. The molecular weight excluding hydrogens is 753 g/mol. The number of hydrogen-bond acceptors (Lipinski definition) is 6. The highest BCUT2D eigenvalue weighted by Crippen LogP contribution is 2.16. The van der Waals surface area contributed by atoms with Gasteiger partial charge in [-0.15, -0.1) is 0 Å². The summed E-state index contributed by atoms with van der Waals surface area (Å²) >= 11 is 0. The molecule has 8 heteroatoms. The minimum atomic E-state index is -1.13. The summed E-state index contributed by atoms with van der Waals surface area (Å²) in [4.78, 5) is 45.6. The van der Waals surface area contributed by atoms with Gasteiger partial charge in [0.05, 0.1) is 35.5 Å². The number of ether oxygens (including phenoxy) is 2. The molecule has 340 valence electrons. The Hall–Kier alpha value is -3.68. The second kappa shape index (κ2) is 39.5. The minimum absolute atomic E-state index is 0.0186. The van der Waals surface area contributed by atoms with Gasteiger partial charge >= 0.3 is 23.9 Å². The van der Waals surface area contributed by atoms with Crippen LogP contribution in [0, 0.1) is 0 Å². The quantitative estimate of drug-likeness (QED) is 0.0506. The molecule has 0 unspecified atom stereocenters. The maximum Gasteiger partial charge on any atom is 0.338 e. The molecule has 0 saturated carbocycles. The van der Waals surface area contributed by atoms with Gasteiger partial charge in [-0.05, 0) is 55.3 Å². The normalized spacial score (nSPS) is 10.8. The Morgan fingerprint density at radius 2 is 0.583 bits per heavy atom. The number of hydrogen-bond donors (Lipinski definition) is 2. The van der Waals surface area contributed by atoms with Gasteiger partial charge < -0.3 is 19.7 Å². The Morgan fingerprint density at radius 1 is 0.350 bits per heavy atom. The summed E-state index contributed by atoms with van der Waals surface area (Å²) in [7, 11) is 0. The van der Waals surface area contributed by atoms with E-state index in [4.69, 9.17) is 19.7 Å². The molecular formula is C52H84O8. The van der Waals surface area contributed by atoms with Gasteiger partial charge in [0.2, 0.25) is 0 Å². The van der Waals surface area contributed by atoms with Crippen molar-refractivity contribution in [3.05, 3.63) is 70.8 Å². The number of benzene rings is 2. The average molecular weight is 837 g/mol. The van der Waals surface area contributed by atoms with Crippen molar-refractivity contribution in [3.8, 4) is 0 Å². The molecule has 0 spiro atoms. The predicted octanol–water partition coefficient (Wildman–Crippen LogP) is 15.6. The summed E-state index contributed by atoms with van der Waals surface area (Å²) in [6, 6.07) is 11.9. The Bertz CT molecular complexity index is 1260. The number of rotatable bonds is 38. The first kappa shape index (κ1) is 54.3. The van der Waals surface area contributed by atoms with E-state index >= 15 is 0 Å². The molecule has 0 saturated heterocycles. The lowest BCUT2D eigenvalue weighted by atomic mass is 10.0. The monoisotopic (exact) mass is 837 g/mol. The fourth-order valence-corrected chi connectivity index (χ4v) is 7.32. The van der Waals surface area contributed by atoms with Crippen molar-refractivity contribution in [2.75, 3.05) is 13.2 Å². The first-order chi connectivity index (χ1) is 29.3. The van der Waals surface area contributed by atoms with Crippen LogP contribution in [0.25, 0.3) is 0 Å². The summed E-state index contributed by atoms with van der Waals surface area (Å²) in [6.07, 6.45) is 42.5. The van der Waals surface area contributed by atoms with Crippen LogP contribution < -0.4 is 0 Å². The number of aromatic carboxylic acids is 2. The first-order valence-corrected chi connectivity index (χ1v) is 24.3. The molecule has 2 N–H and O–H groups in total. The molecule has 0 heterocycles. The Labute approximate surface area is 365 Å². The van der Waals surface area contributed by atoms with E-state index in [1.165, 1.54) is 198 Å². The lowest BCUT2D eigenvalue weighted by Gasteiger charge is -2.07. The van der Waals surface area contributed by atoms with Crippen LogP contribution in [0.1, 0.15) is 261 Å². The molecule has 0 aliphatic carbocycles. The number of esters is 2. The summed E-state index contributed by atoms with van der Waals surface area (Å²) in [5.74, 6) is -2.88. The van der Waals surface area contributed by atoms with Crippen LogP contribution in [0.3, 0.4) is 0 Å². The van der Waals surface area contributed by atoms with E-state index in [9.17, 15) is 19.2 Å². The molecule has 2 aromatic carbocycles. The second-order valence-electron chi connectivity index (χ2n) is 16.6. The maximum absolute atomic E-state index is 12.4. The smallest absolute Gasteiger partial charge is 0.338 e. The van der Waals surface area contributed by atoms with Crippen molar-refractivity contribution in [1.29, 1.82) is 0 Å². The first-order valence-electron chi connectivity index (χ1n) is 24.3. The van der Waals surface area contributed by atoms with E-state index in [-0.39, 0.29) is 23.1 Å². The fourth-order valence-electron chi connectivity index (χ4n) is 7.32. The van der Waals surface area contributed by atoms with E-state index < -0.39 is 11.9 Å². The van der Waals surface area contributed by atoms with E-state index in [0.717, 1.165) is 31.7 Å². The highest BCUT2D eigenvalue weighted by Gasteiger charge is 2.11. The van der Waals surface area contributed by atoms with Gasteiger partial charge in [0.1, 0.15) is 0 Å². The van der Waals surface area contributed by atoms with Crippen molar-refractivity contribution >= 4 is 23.9 Å². The number of carbonyl (C=O) groups is 4. The van der Waals surface area contributed by atoms with Gasteiger partial charge in [-0.25, -0.2) is 19.2 Å². The van der Waals surface area contributed by atoms with Crippen LogP contribution in [0.4, 0.5) is 0 Å². The molecule has 60 heavy (non-hydrogen) atoms. The van der Waals surface area contributed by atoms with Gasteiger partial charge in [0.15, 0.2) is 0 Å². The van der Waals surface area contributed by atoms with Crippen LogP contribution in [0.5, 0.6) is 0 Å². The Morgan fingerprint density at radius 3 is 0.817 bits per heavy atom. The average Bonchev–Trinajstić information content (AvgIpc) is 3.26. The predicted molar refractivity (Wildman–Crippen MR) is 246 cm³/mol. The Kier molecular flexibility index (Phi) is 35.7. The fraction of sp³-hybridized carbons (Fsp3) is 0.692. The zero-order valence-electron chi connectivity index (χ0n) is 38.0. The second-order valence-corrected chi connectivity index (χ2v) is 16.6. The van der Waals surface area contributed by atoms with Crippen molar-refractivity contribution < 1.29 is 38.9 Å². The maximum atomic E-state index is 12.4. The van der Waals surface area contributed by atoms with E-state index in [1.54, 1.807) is 24.3 Å². The highest BCUT2D eigenvalue weighted by molar-refractivity contribution is 5.94. The zero-order valence-corrected chi connectivity index (χ0v) is 38.0. The largest absolute Gasteiger partial charge is 0.478 e. The number of carbonyl (C=O) groups excluding carboxylic acids is 2. The van der Waals surface area contributed by atoms with Crippen LogP contribution in [-0.4, -0.2) is 47.3 Å². The van der Waals surface area contributed by atoms with Crippen LogP contribution in [-0.2, 0) is 9.47 Å². The SMILES string of the molecule is CCCCCCCCCCCCCCCCCCOC(=O)c1ccc(C(=O)OCCCCCCCCCCCCCCCCCC)cc1.O=C(O)c1cccc(C(=O)O)c1.